The van der Waals surface area contributed by atoms with Gasteiger partial charge in [-0.1, -0.05) is 0 Å². The molecule has 1 aromatic carbocycles. The van der Waals surface area contributed by atoms with Gasteiger partial charge in [-0.05, 0) is 31.0 Å². The second-order valence-corrected chi connectivity index (χ2v) is 6.99. The molecule has 0 saturated carbocycles. The number of Topliss-reactive ketones (excluding diaryl/α,β-unsaturated/α-hetero) is 1. The van der Waals surface area contributed by atoms with Crippen LogP contribution in [0.3, 0.4) is 0 Å². The first kappa shape index (κ1) is 15.4. The van der Waals surface area contributed by atoms with E-state index in [1.54, 1.807) is 0 Å². The molecule has 3 aliphatic heterocycles. The number of fused-ring (bicyclic) bond motifs is 1. The standard InChI is InChI=1S/C18H21FN2O3/c19-13-3-4-16-14(11-13)15(22)12-18(24-16)5-9-21(10-6-18)17(23)20-7-1-2-8-20/h3-4,11H,1-2,5-10,12H2. The lowest BCUT2D eigenvalue weighted by Crippen LogP contribution is -2.54. The summed E-state index contributed by atoms with van der Waals surface area (Å²) in [5.74, 6) is -0.0327. The number of likely N-dealkylation sites (tertiary alicyclic amines) is 2. The largest absolute Gasteiger partial charge is 0.486 e. The van der Waals surface area contributed by atoms with Crippen molar-refractivity contribution in [1.82, 2.24) is 9.80 Å². The van der Waals surface area contributed by atoms with Gasteiger partial charge in [0, 0.05) is 39.0 Å². The Hall–Kier alpha value is -2.11. The fourth-order valence-corrected chi connectivity index (χ4v) is 3.96. The van der Waals surface area contributed by atoms with Gasteiger partial charge in [-0.2, -0.15) is 0 Å². The highest BCUT2D eigenvalue weighted by atomic mass is 19.1. The number of amides is 2. The Labute approximate surface area is 140 Å². The summed E-state index contributed by atoms with van der Waals surface area (Å²) in [6, 6.07) is 4.20. The Bertz CT molecular complexity index is 677. The van der Waals surface area contributed by atoms with Crippen molar-refractivity contribution in [2.75, 3.05) is 26.2 Å². The van der Waals surface area contributed by atoms with Crippen LogP contribution < -0.4 is 4.74 Å². The highest BCUT2D eigenvalue weighted by molar-refractivity contribution is 6.00. The smallest absolute Gasteiger partial charge is 0.320 e. The van der Waals surface area contributed by atoms with E-state index in [9.17, 15) is 14.0 Å². The lowest BCUT2D eigenvalue weighted by atomic mass is 9.82. The minimum absolute atomic E-state index is 0.0740. The molecule has 0 radical (unpaired) electrons. The predicted octanol–water partition coefficient (Wildman–Crippen LogP) is 2.84. The van der Waals surface area contributed by atoms with E-state index in [-0.39, 0.29) is 18.2 Å². The van der Waals surface area contributed by atoms with Crippen molar-refractivity contribution in [3.63, 3.8) is 0 Å². The number of halogens is 1. The molecule has 1 spiro atoms. The first-order chi connectivity index (χ1) is 11.6. The molecule has 3 aliphatic rings. The summed E-state index contributed by atoms with van der Waals surface area (Å²) in [6.07, 6.45) is 3.68. The molecule has 0 unspecified atom stereocenters. The highest BCUT2D eigenvalue weighted by Crippen LogP contribution is 2.39. The molecule has 0 aromatic heterocycles. The lowest BCUT2D eigenvalue weighted by molar-refractivity contribution is -0.00332. The summed E-state index contributed by atoms with van der Waals surface area (Å²) in [5.41, 5.74) is -0.222. The molecule has 128 valence electrons. The molecule has 6 heteroatoms. The van der Waals surface area contributed by atoms with Gasteiger partial charge in [0.05, 0.1) is 12.0 Å². The molecule has 0 bridgehead atoms. The van der Waals surface area contributed by atoms with Crippen molar-refractivity contribution in [2.24, 2.45) is 0 Å². The topological polar surface area (TPSA) is 49.9 Å². The molecule has 2 fully saturated rings. The number of ether oxygens (including phenoxy) is 1. The maximum Gasteiger partial charge on any atom is 0.320 e. The zero-order valence-corrected chi connectivity index (χ0v) is 13.6. The van der Waals surface area contributed by atoms with E-state index in [0.29, 0.717) is 37.2 Å². The molecule has 2 amide bonds. The molecule has 0 aliphatic carbocycles. The third-order valence-corrected chi connectivity index (χ3v) is 5.37. The zero-order valence-electron chi connectivity index (χ0n) is 13.6. The SMILES string of the molecule is O=C1CC2(CCN(C(=O)N3CCCC3)CC2)Oc2ccc(F)cc21. The van der Waals surface area contributed by atoms with Gasteiger partial charge in [0.2, 0.25) is 0 Å². The first-order valence-corrected chi connectivity index (χ1v) is 8.62. The summed E-state index contributed by atoms with van der Waals surface area (Å²) in [6.45, 7) is 2.88. The average Bonchev–Trinajstić information content (AvgIpc) is 3.10. The van der Waals surface area contributed by atoms with Gasteiger partial charge in [-0.25, -0.2) is 9.18 Å². The van der Waals surface area contributed by atoms with Crippen molar-refractivity contribution in [3.8, 4) is 5.75 Å². The molecule has 0 N–H and O–H groups in total. The molecule has 2 saturated heterocycles. The number of carbonyl (C=O) groups is 2. The van der Waals surface area contributed by atoms with E-state index in [0.717, 1.165) is 25.9 Å². The van der Waals surface area contributed by atoms with Crippen LogP contribution in [0.15, 0.2) is 18.2 Å². The van der Waals surface area contributed by atoms with Crippen LogP contribution in [0.1, 0.15) is 42.5 Å². The second kappa shape index (κ2) is 5.76. The van der Waals surface area contributed by atoms with Crippen molar-refractivity contribution in [3.05, 3.63) is 29.6 Å². The Balaban J connectivity index is 1.46. The van der Waals surface area contributed by atoms with Gasteiger partial charge in [-0.15, -0.1) is 0 Å². The van der Waals surface area contributed by atoms with Gasteiger partial charge in [0.25, 0.3) is 0 Å². The molecule has 4 rings (SSSR count). The third kappa shape index (κ3) is 2.64. The van der Waals surface area contributed by atoms with Crippen molar-refractivity contribution in [1.29, 1.82) is 0 Å². The predicted molar refractivity (Wildman–Crippen MR) is 85.7 cm³/mol. The molecular formula is C18H21FN2O3. The quantitative estimate of drug-likeness (QED) is 0.734. The number of ketones is 1. The molecule has 5 nitrogen and oxygen atoms in total. The maximum absolute atomic E-state index is 13.3. The fraction of sp³-hybridized carbons (Fsp3) is 0.556. The first-order valence-electron chi connectivity index (χ1n) is 8.62. The van der Waals surface area contributed by atoms with Gasteiger partial charge in [-0.3, -0.25) is 4.79 Å². The van der Waals surface area contributed by atoms with E-state index < -0.39 is 11.4 Å². The van der Waals surface area contributed by atoms with Gasteiger partial charge in [0.15, 0.2) is 5.78 Å². The van der Waals surface area contributed by atoms with Gasteiger partial charge in [0.1, 0.15) is 17.2 Å². The summed E-state index contributed by atoms with van der Waals surface area (Å²) >= 11 is 0. The zero-order chi connectivity index (χ0) is 16.7. The van der Waals surface area contributed by atoms with Gasteiger partial charge < -0.3 is 14.5 Å². The van der Waals surface area contributed by atoms with E-state index >= 15 is 0 Å². The summed E-state index contributed by atoms with van der Waals surface area (Å²) < 4.78 is 19.4. The van der Waals surface area contributed by atoms with Crippen LogP contribution in [0.2, 0.25) is 0 Å². The van der Waals surface area contributed by atoms with Crippen LogP contribution in [0, 0.1) is 5.82 Å². The Kier molecular flexibility index (Phi) is 3.70. The van der Waals surface area contributed by atoms with Crippen molar-refractivity contribution >= 4 is 11.8 Å². The van der Waals surface area contributed by atoms with Crippen LogP contribution in [-0.2, 0) is 0 Å². The van der Waals surface area contributed by atoms with Crippen LogP contribution in [-0.4, -0.2) is 53.4 Å². The second-order valence-electron chi connectivity index (χ2n) is 6.99. The number of urea groups is 1. The van der Waals surface area contributed by atoms with E-state index in [4.69, 9.17) is 4.74 Å². The number of hydrogen-bond acceptors (Lipinski definition) is 3. The number of hydrogen-bond donors (Lipinski definition) is 0. The lowest BCUT2D eigenvalue weighted by Gasteiger charge is -2.44. The highest BCUT2D eigenvalue weighted by Gasteiger charge is 2.44. The minimum Gasteiger partial charge on any atom is -0.486 e. The number of carbonyl (C=O) groups excluding carboxylic acids is 2. The van der Waals surface area contributed by atoms with E-state index in [1.165, 1.54) is 18.2 Å². The number of nitrogens with zero attached hydrogens (tertiary/aromatic N) is 2. The van der Waals surface area contributed by atoms with E-state index in [2.05, 4.69) is 0 Å². The monoisotopic (exact) mass is 332 g/mol. The Morgan fingerprint density at radius 2 is 1.75 bits per heavy atom. The normalized spacial score (nSPS) is 22.5. The molecule has 0 atom stereocenters. The van der Waals surface area contributed by atoms with Gasteiger partial charge >= 0.3 is 6.03 Å². The van der Waals surface area contributed by atoms with Crippen molar-refractivity contribution in [2.45, 2.75) is 37.7 Å². The summed E-state index contributed by atoms with van der Waals surface area (Å²) in [5, 5.41) is 0. The fourth-order valence-electron chi connectivity index (χ4n) is 3.96. The maximum atomic E-state index is 13.3. The Morgan fingerprint density at radius 3 is 2.46 bits per heavy atom. The van der Waals surface area contributed by atoms with Crippen LogP contribution in [0.25, 0.3) is 0 Å². The number of benzene rings is 1. The van der Waals surface area contributed by atoms with Crippen LogP contribution >= 0.6 is 0 Å². The Morgan fingerprint density at radius 1 is 1.08 bits per heavy atom. The summed E-state index contributed by atoms with van der Waals surface area (Å²) in [4.78, 5) is 28.6. The van der Waals surface area contributed by atoms with Crippen molar-refractivity contribution < 1.29 is 18.7 Å². The average molecular weight is 332 g/mol. The molecule has 3 heterocycles. The number of piperidine rings is 1. The van der Waals surface area contributed by atoms with Crippen LogP contribution in [0.5, 0.6) is 5.75 Å². The molecule has 24 heavy (non-hydrogen) atoms. The molecular weight excluding hydrogens is 311 g/mol. The third-order valence-electron chi connectivity index (χ3n) is 5.37. The number of rotatable bonds is 0. The minimum atomic E-state index is -0.552. The summed E-state index contributed by atoms with van der Waals surface area (Å²) in [7, 11) is 0. The van der Waals surface area contributed by atoms with E-state index in [1.807, 2.05) is 9.80 Å². The van der Waals surface area contributed by atoms with Crippen LogP contribution in [0.4, 0.5) is 9.18 Å². The molecule has 1 aromatic rings.